The number of ether oxygens (including phenoxy) is 1. The third kappa shape index (κ3) is 2.72. The van der Waals surface area contributed by atoms with Crippen LogP contribution >= 0.6 is 12.4 Å². The SMILES string of the molecule is CCOC(=O)c1c(C)c2n(c1C)CN(C(C)(C)C)C2.Cl. The molecule has 1 aromatic rings. The van der Waals surface area contributed by atoms with E-state index in [0.717, 1.165) is 30.0 Å². The third-order valence-corrected chi connectivity index (χ3v) is 3.98. The summed E-state index contributed by atoms with van der Waals surface area (Å²) in [5.74, 6) is -0.193. The van der Waals surface area contributed by atoms with E-state index in [2.05, 4.69) is 30.2 Å². The Hall–Kier alpha value is -1.00. The number of hydrogen-bond acceptors (Lipinski definition) is 3. The lowest BCUT2D eigenvalue weighted by molar-refractivity contribution is 0.0523. The van der Waals surface area contributed by atoms with Crippen molar-refractivity contribution in [3.8, 4) is 0 Å². The summed E-state index contributed by atoms with van der Waals surface area (Å²) in [6.07, 6.45) is 0. The molecule has 1 aliphatic rings. The molecule has 114 valence electrons. The minimum Gasteiger partial charge on any atom is -0.462 e. The lowest BCUT2D eigenvalue weighted by atomic mass is 10.1. The Bertz CT molecular complexity index is 485. The van der Waals surface area contributed by atoms with E-state index in [1.807, 2.05) is 20.8 Å². The summed E-state index contributed by atoms with van der Waals surface area (Å²) < 4.78 is 7.40. The summed E-state index contributed by atoms with van der Waals surface area (Å²) in [4.78, 5) is 14.4. The molecule has 0 fully saturated rings. The van der Waals surface area contributed by atoms with Gasteiger partial charge in [-0.15, -0.1) is 12.4 Å². The van der Waals surface area contributed by atoms with Gasteiger partial charge in [-0.3, -0.25) is 4.90 Å². The number of aromatic nitrogens is 1. The van der Waals surface area contributed by atoms with Crippen molar-refractivity contribution in [2.24, 2.45) is 0 Å². The number of esters is 1. The molecule has 0 atom stereocenters. The van der Waals surface area contributed by atoms with Crippen LogP contribution in [0.5, 0.6) is 0 Å². The van der Waals surface area contributed by atoms with E-state index >= 15 is 0 Å². The summed E-state index contributed by atoms with van der Waals surface area (Å²) >= 11 is 0. The zero-order valence-electron chi connectivity index (χ0n) is 13.2. The number of hydrogen-bond donors (Lipinski definition) is 0. The summed E-state index contributed by atoms with van der Waals surface area (Å²) in [6, 6.07) is 0. The molecule has 0 spiro atoms. The van der Waals surface area contributed by atoms with Crippen LogP contribution < -0.4 is 0 Å². The number of carbonyl (C=O) groups excluding carboxylic acids is 1. The molecule has 20 heavy (non-hydrogen) atoms. The first kappa shape index (κ1) is 17.1. The molecular formula is C15H25ClN2O2. The molecule has 0 bridgehead atoms. The van der Waals surface area contributed by atoms with Crippen molar-refractivity contribution in [3.05, 3.63) is 22.5 Å². The van der Waals surface area contributed by atoms with E-state index in [-0.39, 0.29) is 23.9 Å². The van der Waals surface area contributed by atoms with Gasteiger partial charge in [0.2, 0.25) is 0 Å². The Balaban J connectivity index is 0.00000200. The Kier molecular flexibility index (Phi) is 4.93. The molecule has 0 saturated heterocycles. The van der Waals surface area contributed by atoms with Crippen molar-refractivity contribution in [3.63, 3.8) is 0 Å². The molecule has 2 heterocycles. The number of nitrogens with zero attached hydrogens (tertiary/aromatic N) is 2. The monoisotopic (exact) mass is 300 g/mol. The Labute approximate surface area is 127 Å². The average Bonchev–Trinajstić information content (AvgIpc) is 2.80. The second-order valence-electron chi connectivity index (χ2n) is 6.19. The van der Waals surface area contributed by atoms with Crippen molar-refractivity contribution in [1.29, 1.82) is 0 Å². The fraction of sp³-hybridized carbons (Fsp3) is 0.667. The van der Waals surface area contributed by atoms with Gasteiger partial charge < -0.3 is 9.30 Å². The molecule has 0 amide bonds. The van der Waals surface area contributed by atoms with Crippen LogP contribution in [-0.2, 0) is 18.0 Å². The molecule has 0 aliphatic carbocycles. The van der Waals surface area contributed by atoms with Crippen LogP contribution in [0.4, 0.5) is 0 Å². The highest BCUT2D eigenvalue weighted by atomic mass is 35.5. The van der Waals surface area contributed by atoms with Crippen LogP contribution in [0.1, 0.15) is 55.0 Å². The van der Waals surface area contributed by atoms with Gasteiger partial charge in [0, 0.05) is 23.5 Å². The van der Waals surface area contributed by atoms with E-state index in [1.165, 1.54) is 5.69 Å². The van der Waals surface area contributed by atoms with Crippen LogP contribution in [0.25, 0.3) is 0 Å². The third-order valence-electron chi connectivity index (χ3n) is 3.98. The molecule has 0 saturated carbocycles. The first-order chi connectivity index (χ1) is 8.77. The zero-order chi connectivity index (χ0) is 14.4. The van der Waals surface area contributed by atoms with Gasteiger partial charge in [-0.25, -0.2) is 4.79 Å². The molecule has 0 radical (unpaired) electrons. The number of fused-ring (bicyclic) bond motifs is 1. The highest BCUT2D eigenvalue weighted by Crippen LogP contribution is 2.32. The summed E-state index contributed by atoms with van der Waals surface area (Å²) in [5.41, 5.74) is 4.24. The largest absolute Gasteiger partial charge is 0.462 e. The lowest BCUT2D eigenvalue weighted by Gasteiger charge is -2.31. The van der Waals surface area contributed by atoms with Gasteiger partial charge in [0.05, 0.1) is 18.8 Å². The van der Waals surface area contributed by atoms with Gasteiger partial charge in [-0.2, -0.15) is 0 Å². The van der Waals surface area contributed by atoms with E-state index < -0.39 is 0 Å². The van der Waals surface area contributed by atoms with Gasteiger partial charge in [0.1, 0.15) is 0 Å². The summed E-state index contributed by atoms with van der Waals surface area (Å²) in [7, 11) is 0. The van der Waals surface area contributed by atoms with Crippen molar-refractivity contribution in [2.45, 2.75) is 60.3 Å². The normalized spacial score (nSPS) is 14.9. The topological polar surface area (TPSA) is 34.5 Å². The maximum Gasteiger partial charge on any atom is 0.340 e. The first-order valence-corrected chi connectivity index (χ1v) is 6.88. The fourth-order valence-electron chi connectivity index (χ4n) is 2.71. The molecule has 5 heteroatoms. The highest BCUT2D eigenvalue weighted by molar-refractivity contribution is 5.93. The standard InChI is InChI=1S/C15H24N2O2.ClH/c1-7-19-14(18)13-10(2)12-8-16(15(4,5)6)9-17(12)11(13)3;/h7-9H2,1-6H3;1H. The van der Waals surface area contributed by atoms with Crippen LogP contribution in [0.3, 0.4) is 0 Å². The Morgan fingerprint density at radius 1 is 1.30 bits per heavy atom. The minimum atomic E-state index is -0.193. The lowest BCUT2D eigenvalue weighted by Crippen LogP contribution is -2.37. The van der Waals surface area contributed by atoms with Crippen LogP contribution in [0.15, 0.2) is 0 Å². The van der Waals surface area contributed by atoms with E-state index in [0.29, 0.717) is 6.61 Å². The molecular weight excluding hydrogens is 276 g/mol. The molecule has 2 rings (SSSR count). The maximum absolute atomic E-state index is 12.0. The molecule has 1 aliphatic heterocycles. The van der Waals surface area contributed by atoms with Crippen LogP contribution in [0, 0.1) is 13.8 Å². The molecule has 0 aromatic carbocycles. The van der Waals surface area contributed by atoms with Crippen molar-refractivity contribution in [1.82, 2.24) is 9.47 Å². The van der Waals surface area contributed by atoms with E-state index in [4.69, 9.17) is 4.74 Å². The van der Waals surface area contributed by atoms with E-state index in [9.17, 15) is 4.79 Å². The predicted octanol–water partition coefficient (Wildman–Crippen LogP) is 3.28. The van der Waals surface area contributed by atoms with Gasteiger partial charge >= 0.3 is 5.97 Å². The molecule has 0 unspecified atom stereocenters. The fourth-order valence-corrected chi connectivity index (χ4v) is 2.71. The van der Waals surface area contributed by atoms with E-state index in [1.54, 1.807) is 0 Å². The van der Waals surface area contributed by atoms with Gasteiger partial charge in [-0.1, -0.05) is 0 Å². The summed E-state index contributed by atoms with van der Waals surface area (Å²) in [5, 5.41) is 0. The highest BCUT2D eigenvalue weighted by Gasteiger charge is 2.33. The second-order valence-corrected chi connectivity index (χ2v) is 6.19. The Morgan fingerprint density at radius 2 is 1.90 bits per heavy atom. The number of carbonyl (C=O) groups is 1. The van der Waals surface area contributed by atoms with Crippen LogP contribution in [0.2, 0.25) is 0 Å². The average molecular weight is 301 g/mol. The van der Waals surface area contributed by atoms with Gasteiger partial charge in [-0.05, 0) is 47.1 Å². The minimum absolute atomic E-state index is 0. The maximum atomic E-state index is 12.0. The Morgan fingerprint density at radius 3 is 2.35 bits per heavy atom. The second kappa shape index (κ2) is 5.78. The zero-order valence-corrected chi connectivity index (χ0v) is 14.1. The van der Waals surface area contributed by atoms with Crippen LogP contribution in [-0.4, -0.2) is 27.6 Å². The number of rotatable bonds is 2. The quantitative estimate of drug-likeness (QED) is 0.786. The van der Waals surface area contributed by atoms with Gasteiger partial charge in [0.25, 0.3) is 0 Å². The molecule has 4 nitrogen and oxygen atoms in total. The molecule has 0 N–H and O–H groups in total. The summed E-state index contributed by atoms with van der Waals surface area (Å²) in [6.45, 7) is 14.7. The van der Waals surface area contributed by atoms with Crippen molar-refractivity contribution in [2.75, 3.05) is 6.61 Å². The smallest absolute Gasteiger partial charge is 0.340 e. The predicted molar refractivity (Wildman–Crippen MR) is 82.4 cm³/mol. The number of halogens is 1. The molecule has 1 aromatic heterocycles. The van der Waals surface area contributed by atoms with Crippen molar-refractivity contribution < 1.29 is 9.53 Å². The first-order valence-electron chi connectivity index (χ1n) is 6.88. The van der Waals surface area contributed by atoms with Gasteiger partial charge in [0.15, 0.2) is 0 Å². The van der Waals surface area contributed by atoms with Crippen molar-refractivity contribution >= 4 is 18.4 Å².